The predicted octanol–water partition coefficient (Wildman–Crippen LogP) is 3.53. The van der Waals surface area contributed by atoms with Crippen LogP contribution in [0.3, 0.4) is 0 Å². The van der Waals surface area contributed by atoms with Gasteiger partial charge >= 0.3 is 0 Å². The number of hydrogen-bond donors (Lipinski definition) is 1. The van der Waals surface area contributed by atoms with Crippen LogP contribution in [0.5, 0.6) is 5.75 Å². The Morgan fingerprint density at radius 2 is 1.96 bits per heavy atom. The van der Waals surface area contributed by atoms with Crippen molar-refractivity contribution in [1.29, 1.82) is 0 Å². The van der Waals surface area contributed by atoms with Crippen LogP contribution in [0.2, 0.25) is 0 Å². The van der Waals surface area contributed by atoms with Crippen molar-refractivity contribution in [2.45, 2.75) is 32.8 Å². The highest BCUT2D eigenvalue weighted by Gasteiger charge is 2.21. The number of benzene rings is 2. The van der Waals surface area contributed by atoms with Gasteiger partial charge in [-0.15, -0.1) is 0 Å². The van der Waals surface area contributed by atoms with E-state index in [9.17, 15) is 9.59 Å². The maximum absolute atomic E-state index is 12.3. The Morgan fingerprint density at radius 3 is 2.60 bits per heavy atom. The SMILES string of the molecule is Cc1cccc(O[C@@H](C)C(=O)Nc2ccc(N3CCCC3=O)cc2)c1. The standard InChI is InChI=1S/C20H22N2O3/c1-14-5-3-6-18(13-14)25-15(2)20(24)21-16-8-10-17(11-9-16)22-12-4-7-19(22)23/h3,5-6,8-11,13,15H,4,7,12H2,1-2H3,(H,21,24)/t15-/m0/s1. The maximum Gasteiger partial charge on any atom is 0.265 e. The summed E-state index contributed by atoms with van der Waals surface area (Å²) in [5.74, 6) is 0.606. The Balaban J connectivity index is 1.59. The van der Waals surface area contributed by atoms with E-state index in [0.29, 0.717) is 17.9 Å². The van der Waals surface area contributed by atoms with Gasteiger partial charge in [0.05, 0.1) is 0 Å². The Morgan fingerprint density at radius 1 is 1.20 bits per heavy atom. The van der Waals surface area contributed by atoms with Crippen molar-refractivity contribution in [3.05, 3.63) is 54.1 Å². The second kappa shape index (κ2) is 7.38. The summed E-state index contributed by atoms with van der Waals surface area (Å²) in [7, 11) is 0. The number of aryl methyl sites for hydroxylation is 1. The van der Waals surface area contributed by atoms with Crippen LogP contribution in [-0.4, -0.2) is 24.5 Å². The van der Waals surface area contributed by atoms with Gasteiger partial charge in [0.2, 0.25) is 5.91 Å². The van der Waals surface area contributed by atoms with E-state index < -0.39 is 6.10 Å². The minimum absolute atomic E-state index is 0.150. The van der Waals surface area contributed by atoms with Gasteiger partial charge in [-0.2, -0.15) is 0 Å². The topological polar surface area (TPSA) is 58.6 Å². The molecule has 1 aliphatic rings. The number of nitrogens with zero attached hydrogens (tertiary/aromatic N) is 1. The van der Waals surface area contributed by atoms with E-state index in [1.807, 2.05) is 43.3 Å². The van der Waals surface area contributed by atoms with Gasteiger partial charge in [0.25, 0.3) is 5.91 Å². The molecule has 1 saturated heterocycles. The molecule has 1 heterocycles. The molecule has 25 heavy (non-hydrogen) atoms. The number of anilines is 2. The van der Waals surface area contributed by atoms with Crippen molar-refractivity contribution in [3.63, 3.8) is 0 Å². The van der Waals surface area contributed by atoms with Crippen LogP contribution in [-0.2, 0) is 9.59 Å². The van der Waals surface area contributed by atoms with Crippen molar-refractivity contribution in [1.82, 2.24) is 0 Å². The molecule has 3 rings (SSSR count). The number of rotatable bonds is 5. The van der Waals surface area contributed by atoms with Crippen LogP contribution in [0, 0.1) is 6.92 Å². The number of nitrogens with one attached hydrogen (secondary N) is 1. The normalized spacial score (nSPS) is 15.1. The summed E-state index contributed by atoms with van der Waals surface area (Å²) in [6, 6.07) is 14.9. The lowest BCUT2D eigenvalue weighted by Crippen LogP contribution is -2.30. The van der Waals surface area contributed by atoms with Crippen molar-refractivity contribution < 1.29 is 14.3 Å². The molecular formula is C20H22N2O3. The lowest BCUT2D eigenvalue weighted by Gasteiger charge is -2.17. The van der Waals surface area contributed by atoms with Crippen molar-refractivity contribution in [3.8, 4) is 5.75 Å². The first-order valence-corrected chi connectivity index (χ1v) is 8.47. The summed E-state index contributed by atoms with van der Waals surface area (Å²) in [4.78, 5) is 25.8. The van der Waals surface area contributed by atoms with Crippen LogP contribution < -0.4 is 15.0 Å². The molecule has 0 bridgehead atoms. The summed E-state index contributed by atoms with van der Waals surface area (Å²) >= 11 is 0. The van der Waals surface area contributed by atoms with E-state index in [0.717, 1.165) is 24.2 Å². The van der Waals surface area contributed by atoms with Crippen LogP contribution >= 0.6 is 0 Å². The zero-order valence-corrected chi connectivity index (χ0v) is 14.5. The zero-order valence-electron chi connectivity index (χ0n) is 14.5. The molecule has 0 aliphatic carbocycles. The lowest BCUT2D eigenvalue weighted by molar-refractivity contribution is -0.122. The minimum atomic E-state index is -0.610. The summed E-state index contributed by atoms with van der Waals surface area (Å²) in [6.45, 7) is 4.45. The molecule has 0 saturated carbocycles. The third-order valence-electron chi connectivity index (χ3n) is 4.19. The zero-order chi connectivity index (χ0) is 17.8. The fourth-order valence-electron chi connectivity index (χ4n) is 2.84. The molecule has 0 unspecified atom stereocenters. The van der Waals surface area contributed by atoms with Crippen LogP contribution in [0.25, 0.3) is 0 Å². The van der Waals surface area contributed by atoms with Crippen LogP contribution in [0.15, 0.2) is 48.5 Å². The lowest BCUT2D eigenvalue weighted by atomic mass is 10.2. The van der Waals surface area contributed by atoms with Crippen molar-refractivity contribution in [2.24, 2.45) is 0 Å². The van der Waals surface area contributed by atoms with E-state index in [1.165, 1.54) is 0 Å². The Hall–Kier alpha value is -2.82. The number of carbonyl (C=O) groups is 2. The van der Waals surface area contributed by atoms with Gasteiger partial charge in [0, 0.05) is 24.3 Å². The molecule has 0 radical (unpaired) electrons. The fourth-order valence-corrected chi connectivity index (χ4v) is 2.84. The van der Waals surface area contributed by atoms with Gasteiger partial charge in [-0.1, -0.05) is 12.1 Å². The Bertz CT molecular complexity index is 771. The summed E-state index contributed by atoms with van der Waals surface area (Å²) in [5.41, 5.74) is 2.63. The third-order valence-corrected chi connectivity index (χ3v) is 4.19. The molecule has 130 valence electrons. The smallest absolute Gasteiger partial charge is 0.265 e. The van der Waals surface area contributed by atoms with Gasteiger partial charge in [-0.25, -0.2) is 0 Å². The van der Waals surface area contributed by atoms with Gasteiger partial charge < -0.3 is 15.0 Å². The average molecular weight is 338 g/mol. The largest absolute Gasteiger partial charge is 0.481 e. The molecule has 2 amide bonds. The van der Waals surface area contributed by atoms with Gasteiger partial charge in [0.15, 0.2) is 6.10 Å². The first-order valence-electron chi connectivity index (χ1n) is 8.47. The predicted molar refractivity (Wildman–Crippen MR) is 97.9 cm³/mol. The summed E-state index contributed by atoms with van der Waals surface area (Å²) in [6.07, 6.45) is 0.888. The second-order valence-corrected chi connectivity index (χ2v) is 6.26. The van der Waals surface area contributed by atoms with E-state index in [1.54, 1.807) is 24.0 Å². The monoisotopic (exact) mass is 338 g/mol. The van der Waals surface area contributed by atoms with Gasteiger partial charge in [-0.05, 0) is 62.2 Å². The van der Waals surface area contributed by atoms with Crippen LogP contribution in [0.1, 0.15) is 25.3 Å². The van der Waals surface area contributed by atoms with E-state index in [2.05, 4.69) is 5.32 Å². The molecular weight excluding hydrogens is 316 g/mol. The van der Waals surface area contributed by atoms with Crippen LogP contribution in [0.4, 0.5) is 11.4 Å². The molecule has 5 heteroatoms. The van der Waals surface area contributed by atoms with Crippen molar-refractivity contribution >= 4 is 23.2 Å². The number of ether oxygens (including phenoxy) is 1. The molecule has 1 fully saturated rings. The van der Waals surface area contributed by atoms with E-state index >= 15 is 0 Å². The molecule has 1 N–H and O–H groups in total. The Kier molecular flexibility index (Phi) is 5.03. The molecule has 0 spiro atoms. The number of amides is 2. The molecule has 2 aromatic carbocycles. The third kappa shape index (κ3) is 4.18. The highest BCUT2D eigenvalue weighted by molar-refractivity contribution is 5.96. The summed E-state index contributed by atoms with van der Waals surface area (Å²) < 4.78 is 5.68. The summed E-state index contributed by atoms with van der Waals surface area (Å²) in [5, 5.41) is 2.84. The van der Waals surface area contributed by atoms with Gasteiger partial charge in [-0.3, -0.25) is 9.59 Å². The molecule has 1 atom stereocenters. The first kappa shape index (κ1) is 17.0. The van der Waals surface area contributed by atoms with E-state index in [4.69, 9.17) is 4.74 Å². The first-order chi connectivity index (χ1) is 12.0. The second-order valence-electron chi connectivity index (χ2n) is 6.26. The Labute approximate surface area is 147 Å². The molecule has 0 aromatic heterocycles. The number of carbonyl (C=O) groups excluding carboxylic acids is 2. The molecule has 5 nitrogen and oxygen atoms in total. The van der Waals surface area contributed by atoms with Crippen molar-refractivity contribution in [2.75, 3.05) is 16.8 Å². The quantitative estimate of drug-likeness (QED) is 0.907. The molecule has 2 aromatic rings. The minimum Gasteiger partial charge on any atom is -0.481 e. The van der Waals surface area contributed by atoms with E-state index in [-0.39, 0.29) is 11.8 Å². The number of hydrogen-bond acceptors (Lipinski definition) is 3. The highest BCUT2D eigenvalue weighted by atomic mass is 16.5. The maximum atomic E-state index is 12.3. The average Bonchev–Trinajstić information content (AvgIpc) is 3.01. The van der Waals surface area contributed by atoms with Gasteiger partial charge in [0.1, 0.15) is 5.75 Å². The highest BCUT2D eigenvalue weighted by Crippen LogP contribution is 2.23. The fraction of sp³-hybridized carbons (Fsp3) is 0.300. The molecule has 1 aliphatic heterocycles.